The lowest BCUT2D eigenvalue weighted by Gasteiger charge is -2.02. The maximum absolute atomic E-state index is 12.9. The number of amides is 1. The predicted octanol–water partition coefficient (Wildman–Crippen LogP) is 1.31. The molecule has 0 spiro atoms. The van der Waals surface area contributed by atoms with Gasteiger partial charge in [-0.15, -0.1) is 0 Å². The molecule has 1 amide bonds. The van der Waals surface area contributed by atoms with Crippen molar-refractivity contribution in [1.82, 2.24) is 9.78 Å². The molecule has 0 saturated heterocycles. The van der Waals surface area contributed by atoms with Gasteiger partial charge in [0.05, 0.1) is 6.54 Å². The second kappa shape index (κ2) is 4.32. The Labute approximate surface area is 95.7 Å². The standard InChI is InChI=1S/C11H9F2N3O/c12-8-3-7(4-9(13)5-8)6-16-2-1-10(15-16)11(14)17/h1-5H,6H2,(H2,14,17). The Morgan fingerprint density at radius 2 is 1.94 bits per heavy atom. The zero-order chi connectivity index (χ0) is 12.4. The molecule has 88 valence electrons. The van der Waals surface area contributed by atoms with Crippen molar-refractivity contribution in [1.29, 1.82) is 0 Å². The topological polar surface area (TPSA) is 60.9 Å². The molecule has 2 aromatic rings. The van der Waals surface area contributed by atoms with Crippen molar-refractivity contribution in [2.24, 2.45) is 5.73 Å². The summed E-state index contributed by atoms with van der Waals surface area (Å²) >= 11 is 0. The molecular weight excluding hydrogens is 228 g/mol. The van der Waals surface area contributed by atoms with Crippen LogP contribution in [0.3, 0.4) is 0 Å². The number of rotatable bonds is 3. The van der Waals surface area contributed by atoms with E-state index < -0.39 is 17.5 Å². The summed E-state index contributed by atoms with van der Waals surface area (Å²) in [5.74, 6) is -1.95. The number of halogens is 2. The number of hydrogen-bond acceptors (Lipinski definition) is 2. The predicted molar refractivity (Wildman–Crippen MR) is 56.2 cm³/mol. The maximum atomic E-state index is 12.9. The van der Waals surface area contributed by atoms with Gasteiger partial charge in [0.2, 0.25) is 0 Å². The van der Waals surface area contributed by atoms with Crippen LogP contribution in [-0.2, 0) is 6.54 Å². The molecule has 6 heteroatoms. The van der Waals surface area contributed by atoms with Crippen LogP contribution in [0.4, 0.5) is 8.78 Å². The first kappa shape index (κ1) is 11.3. The van der Waals surface area contributed by atoms with Crippen LogP contribution in [0.25, 0.3) is 0 Å². The molecule has 1 aromatic heterocycles. The molecular formula is C11H9F2N3O. The van der Waals surface area contributed by atoms with Gasteiger partial charge in [-0.2, -0.15) is 5.10 Å². The van der Waals surface area contributed by atoms with Crippen LogP contribution >= 0.6 is 0 Å². The van der Waals surface area contributed by atoms with Crippen molar-refractivity contribution in [2.45, 2.75) is 6.54 Å². The smallest absolute Gasteiger partial charge is 0.269 e. The Balaban J connectivity index is 2.22. The van der Waals surface area contributed by atoms with Crippen LogP contribution in [0.5, 0.6) is 0 Å². The first-order chi connectivity index (χ1) is 8.04. The first-order valence-electron chi connectivity index (χ1n) is 4.83. The number of carbonyl (C=O) groups is 1. The average Bonchev–Trinajstić information content (AvgIpc) is 2.64. The quantitative estimate of drug-likeness (QED) is 0.874. The largest absolute Gasteiger partial charge is 0.364 e. The van der Waals surface area contributed by atoms with E-state index in [0.717, 1.165) is 6.07 Å². The Hall–Kier alpha value is -2.24. The SMILES string of the molecule is NC(=O)c1ccn(Cc2cc(F)cc(F)c2)n1. The van der Waals surface area contributed by atoms with Crippen LogP contribution in [-0.4, -0.2) is 15.7 Å². The molecule has 4 nitrogen and oxygen atoms in total. The molecule has 0 atom stereocenters. The highest BCUT2D eigenvalue weighted by Gasteiger charge is 2.06. The number of nitrogens with two attached hydrogens (primary N) is 1. The molecule has 0 aliphatic carbocycles. The lowest BCUT2D eigenvalue weighted by Crippen LogP contribution is -2.12. The zero-order valence-corrected chi connectivity index (χ0v) is 8.73. The number of nitrogens with zero attached hydrogens (tertiary/aromatic N) is 2. The Morgan fingerprint density at radius 1 is 1.29 bits per heavy atom. The average molecular weight is 237 g/mol. The van der Waals surface area contributed by atoms with Gasteiger partial charge in [0, 0.05) is 12.3 Å². The van der Waals surface area contributed by atoms with Crippen molar-refractivity contribution < 1.29 is 13.6 Å². The molecule has 17 heavy (non-hydrogen) atoms. The van der Waals surface area contributed by atoms with E-state index >= 15 is 0 Å². The van der Waals surface area contributed by atoms with Crippen molar-refractivity contribution in [3.63, 3.8) is 0 Å². The lowest BCUT2D eigenvalue weighted by atomic mass is 10.2. The Bertz CT molecular complexity index is 545. The Morgan fingerprint density at radius 3 is 2.47 bits per heavy atom. The van der Waals surface area contributed by atoms with Crippen molar-refractivity contribution in [2.75, 3.05) is 0 Å². The number of primary amides is 1. The number of benzene rings is 1. The molecule has 0 unspecified atom stereocenters. The van der Waals surface area contributed by atoms with Crippen LogP contribution in [0.1, 0.15) is 16.1 Å². The fraction of sp³-hybridized carbons (Fsp3) is 0.0909. The highest BCUT2D eigenvalue weighted by Crippen LogP contribution is 2.09. The zero-order valence-electron chi connectivity index (χ0n) is 8.73. The van der Waals surface area contributed by atoms with E-state index in [1.54, 1.807) is 0 Å². The van der Waals surface area contributed by atoms with Gasteiger partial charge in [-0.25, -0.2) is 8.78 Å². The third-order valence-electron chi connectivity index (χ3n) is 2.16. The van der Waals surface area contributed by atoms with Crippen LogP contribution in [0, 0.1) is 11.6 Å². The minimum atomic E-state index is -0.651. The first-order valence-corrected chi connectivity index (χ1v) is 4.83. The summed E-state index contributed by atoms with van der Waals surface area (Å²) in [5.41, 5.74) is 5.56. The van der Waals surface area contributed by atoms with Crippen molar-refractivity contribution in [3.8, 4) is 0 Å². The fourth-order valence-corrected chi connectivity index (χ4v) is 1.47. The third kappa shape index (κ3) is 2.66. The molecule has 0 fully saturated rings. The molecule has 2 N–H and O–H groups in total. The van der Waals surface area contributed by atoms with Gasteiger partial charge < -0.3 is 5.73 Å². The molecule has 0 aliphatic rings. The minimum absolute atomic E-state index is 0.113. The summed E-state index contributed by atoms with van der Waals surface area (Å²) in [6, 6.07) is 4.64. The van der Waals surface area contributed by atoms with Gasteiger partial charge in [0.1, 0.15) is 17.3 Å². The van der Waals surface area contributed by atoms with E-state index in [9.17, 15) is 13.6 Å². The summed E-state index contributed by atoms with van der Waals surface area (Å²) in [5, 5.41) is 3.86. The van der Waals surface area contributed by atoms with E-state index in [1.165, 1.54) is 29.1 Å². The Kier molecular flexibility index (Phi) is 2.86. The summed E-state index contributed by atoms with van der Waals surface area (Å²) in [6.07, 6.45) is 1.52. The van der Waals surface area contributed by atoms with Crippen LogP contribution < -0.4 is 5.73 Å². The molecule has 1 heterocycles. The van der Waals surface area contributed by atoms with Gasteiger partial charge in [0.25, 0.3) is 5.91 Å². The van der Waals surface area contributed by atoms with Gasteiger partial charge >= 0.3 is 0 Å². The summed E-state index contributed by atoms with van der Waals surface area (Å²) < 4.78 is 27.2. The van der Waals surface area contributed by atoms with E-state index in [1.807, 2.05) is 0 Å². The highest BCUT2D eigenvalue weighted by atomic mass is 19.1. The molecule has 1 aromatic carbocycles. The fourth-order valence-electron chi connectivity index (χ4n) is 1.47. The third-order valence-corrected chi connectivity index (χ3v) is 2.16. The van der Waals surface area contributed by atoms with Gasteiger partial charge in [-0.1, -0.05) is 0 Å². The molecule has 0 aliphatic heterocycles. The normalized spacial score (nSPS) is 10.5. The molecule has 0 saturated carbocycles. The molecule has 2 rings (SSSR count). The van der Waals surface area contributed by atoms with Crippen LogP contribution in [0.2, 0.25) is 0 Å². The second-order valence-corrected chi connectivity index (χ2v) is 3.54. The van der Waals surface area contributed by atoms with E-state index in [4.69, 9.17) is 5.73 Å². The van der Waals surface area contributed by atoms with Crippen LogP contribution in [0.15, 0.2) is 30.5 Å². The monoisotopic (exact) mass is 237 g/mol. The van der Waals surface area contributed by atoms with E-state index in [2.05, 4.69) is 5.10 Å². The maximum Gasteiger partial charge on any atom is 0.269 e. The number of carbonyl (C=O) groups excluding carboxylic acids is 1. The summed E-state index contributed by atoms with van der Waals surface area (Å²) in [4.78, 5) is 10.8. The van der Waals surface area contributed by atoms with Crippen molar-refractivity contribution in [3.05, 3.63) is 53.4 Å². The number of hydrogen-bond donors (Lipinski definition) is 1. The van der Waals surface area contributed by atoms with Gasteiger partial charge in [-0.3, -0.25) is 9.48 Å². The molecule has 0 radical (unpaired) electrons. The second-order valence-electron chi connectivity index (χ2n) is 3.54. The minimum Gasteiger partial charge on any atom is -0.364 e. The van der Waals surface area contributed by atoms with E-state index in [-0.39, 0.29) is 12.2 Å². The highest BCUT2D eigenvalue weighted by molar-refractivity contribution is 5.90. The summed E-state index contributed by atoms with van der Waals surface area (Å²) in [6.45, 7) is 0.169. The van der Waals surface area contributed by atoms with Crippen molar-refractivity contribution >= 4 is 5.91 Å². The summed E-state index contributed by atoms with van der Waals surface area (Å²) in [7, 11) is 0. The number of aromatic nitrogens is 2. The lowest BCUT2D eigenvalue weighted by molar-refractivity contribution is 0.0995. The van der Waals surface area contributed by atoms with Gasteiger partial charge in [0.15, 0.2) is 0 Å². The molecule has 0 bridgehead atoms. The van der Waals surface area contributed by atoms with Gasteiger partial charge in [-0.05, 0) is 23.8 Å². The van der Waals surface area contributed by atoms with E-state index in [0.29, 0.717) is 5.56 Å².